The monoisotopic (exact) mass is 928 g/mol. The summed E-state index contributed by atoms with van der Waals surface area (Å²) in [5, 5.41) is 2.33. The molecule has 0 unspecified atom stereocenters. The molecule has 0 saturated carbocycles. The van der Waals surface area contributed by atoms with Crippen molar-refractivity contribution in [3.8, 4) is 73.2 Å². The maximum Gasteiger partial charge on any atom is 0.0592 e. The van der Waals surface area contributed by atoms with Gasteiger partial charge in [0.2, 0.25) is 0 Å². The van der Waals surface area contributed by atoms with Crippen LogP contribution in [0.3, 0.4) is 0 Å². The Bertz CT molecular complexity index is 3770. The minimum Gasteiger partial charge on any atom is -0.0149 e. The Morgan fingerprint density at radius 2 is 1.13 bits per heavy atom. The van der Waals surface area contributed by atoms with Gasteiger partial charge in [0.1, 0.15) is 11.6 Å². The molecule has 6 heteroatoms. The molecule has 11 aromatic rings. The van der Waals surface area contributed by atoms with Crippen LogP contribution in [0.15, 0.2) is 194 Å². The van der Waals surface area contributed by atoms with Crippen LogP contribution in [0.25, 0.3) is 94.5 Å². The Balaban J connectivity index is 1.04. The van der Waals surface area contributed by atoms with Crippen molar-refractivity contribution in [3.05, 3.63) is 206 Å². The first-order chi connectivity index (χ1) is 32.5. The van der Waals surface area contributed by atoms with E-state index >= 15 is 0 Å². The summed E-state index contributed by atoms with van der Waals surface area (Å²) >= 11 is -2.19. The van der Waals surface area contributed by atoms with Crippen molar-refractivity contribution >= 4 is 50.5 Å². The normalized spacial score (nSPS) is 12.3. The smallest absolute Gasteiger partial charge is 0.0149 e. The molecule has 0 amide bonds. The number of ether oxygens (including phenoxy) is 1. The fourth-order valence-electron chi connectivity index (χ4n) is 10.1. The molecule has 0 bridgehead atoms. The summed E-state index contributed by atoms with van der Waals surface area (Å²) in [5.74, 6) is 9.77. The zero-order chi connectivity index (χ0) is 45.6. The van der Waals surface area contributed by atoms with Crippen LogP contribution < -0.4 is 13.7 Å². The molecule has 1 aliphatic heterocycles. The number of pyridine rings is 1. The fourth-order valence-corrected chi connectivity index (χ4v) is 12.6. The number of para-hydroxylation sites is 3. The number of fused-ring (bicyclic) bond motifs is 10. The van der Waals surface area contributed by atoms with Crippen molar-refractivity contribution in [2.75, 3.05) is 0 Å². The number of benzene rings is 8. The second kappa shape index (κ2) is 15.6. The summed E-state index contributed by atoms with van der Waals surface area (Å²) in [5.41, 5.74) is 17.1. The van der Waals surface area contributed by atoms with E-state index < -0.39 is 13.3 Å². The zero-order valence-electron chi connectivity index (χ0n) is 38.7. The minimum absolute atomic E-state index is 0.0180. The van der Waals surface area contributed by atoms with Crippen LogP contribution in [0.1, 0.15) is 26.3 Å². The van der Waals surface area contributed by atoms with Crippen molar-refractivity contribution in [3.63, 3.8) is 0 Å². The van der Waals surface area contributed by atoms with E-state index in [1.54, 1.807) is 0 Å². The zero-order valence-corrected chi connectivity index (χ0v) is 40.8. The van der Waals surface area contributed by atoms with E-state index in [1.807, 2.05) is 12.3 Å². The Labute approximate surface area is 394 Å². The summed E-state index contributed by atoms with van der Waals surface area (Å²) in [6.07, 6.45) is 5.89. The topological polar surface area (TPSA) is 35.9 Å². The molecule has 12 rings (SSSR count). The van der Waals surface area contributed by atoms with Gasteiger partial charge in [-0.2, -0.15) is 0 Å². The molecule has 8 aromatic carbocycles. The third kappa shape index (κ3) is 6.91. The van der Waals surface area contributed by atoms with E-state index in [0.717, 1.165) is 67.3 Å². The maximum absolute atomic E-state index is 6.85. The van der Waals surface area contributed by atoms with E-state index in [2.05, 4.69) is 240 Å². The van der Waals surface area contributed by atoms with Crippen LogP contribution in [0.5, 0.6) is 11.5 Å². The fraction of sp³-hybridized carbons (Fsp3) is 0.115. The molecule has 0 aliphatic carbocycles. The Morgan fingerprint density at radius 3 is 1.91 bits per heavy atom. The molecule has 0 N–H and O–H groups in total. The largest absolute Gasteiger partial charge is 0.0592 e. The predicted octanol–water partition coefficient (Wildman–Crippen LogP) is 14.8. The minimum atomic E-state index is -2.19. The van der Waals surface area contributed by atoms with Crippen molar-refractivity contribution in [1.29, 1.82) is 0 Å². The van der Waals surface area contributed by atoms with E-state index in [1.165, 1.54) is 48.7 Å². The molecule has 5 nitrogen and oxygen atoms in total. The first kappa shape index (κ1) is 41.0. The third-order valence-electron chi connectivity index (χ3n) is 13.5. The molecule has 67 heavy (non-hydrogen) atoms. The summed E-state index contributed by atoms with van der Waals surface area (Å²) in [4.78, 5) is 4.91. The molecule has 0 radical (unpaired) electrons. The number of nitrogens with zero attached hydrogens (tertiary/aromatic N) is 4. The molecule has 0 saturated heterocycles. The molecule has 0 spiro atoms. The Hall–Kier alpha value is -7.48. The molecule has 3 aromatic heterocycles. The quantitative estimate of drug-likeness (QED) is 0.0946. The van der Waals surface area contributed by atoms with E-state index in [9.17, 15) is 0 Å². The van der Waals surface area contributed by atoms with Crippen molar-refractivity contribution in [2.45, 2.75) is 43.5 Å². The molecule has 0 atom stereocenters. The average molecular weight is 928 g/mol. The Kier molecular flexibility index (Phi) is 9.53. The molecule has 0 fully saturated rings. The van der Waals surface area contributed by atoms with E-state index in [4.69, 9.17) is 9.72 Å². The molecule has 4 heterocycles. The van der Waals surface area contributed by atoms with Gasteiger partial charge in [-0.05, 0) is 41.3 Å². The number of hydrogen-bond acceptors (Lipinski definition) is 2. The molecule has 1 aliphatic rings. The standard InChI is InChI=1S/C61H50GeN4O/c1-61(2,3)41-33-34-63-58(36-41)66-55-29-12-11-25-51(55)52-32-31-45(38-57(52)66)67-44-20-14-19-43(37-44)64-39-65-59-46(40-17-13-18-42(35-40)62(4,5)6)26-15-27-53(59)49-23-9-7-21-47(49)48-22-8-10-24-50(48)54-28-16-30-56(64)60(54)65/h7-38H,1-6H3. The van der Waals surface area contributed by atoms with E-state index in [-0.39, 0.29) is 5.41 Å². The summed E-state index contributed by atoms with van der Waals surface area (Å²) in [6.45, 7) is 6.72. The summed E-state index contributed by atoms with van der Waals surface area (Å²) in [6, 6.07) is 68.1. The predicted molar refractivity (Wildman–Crippen MR) is 279 cm³/mol. The van der Waals surface area contributed by atoms with E-state index in [0.29, 0.717) is 0 Å². The molecular weight excluding hydrogens is 877 g/mol. The van der Waals surface area contributed by atoms with Gasteiger partial charge in [-0.25, -0.2) is 4.98 Å². The SMILES string of the molecule is CC(C)(C)c1ccnc(-n2c3ccccc3c3ccc(Oc4cccc(-n5[c-][n+]6c7c(cccc75)-c5ccccc5-c5ccccc5-c5cccc(-c7ccc[c]([Ge]([CH3])([CH3])[CH3])c7)c5-6)c4)cc32)c1. The van der Waals surface area contributed by atoms with Crippen molar-refractivity contribution in [1.82, 2.24) is 14.1 Å². The summed E-state index contributed by atoms with van der Waals surface area (Å²) < 4.78 is 15.1. The first-order valence-corrected chi connectivity index (χ1v) is 30.5. The first-order valence-electron chi connectivity index (χ1n) is 23.2. The average Bonchev–Trinajstić information content (AvgIpc) is 3.90. The van der Waals surface area contributed by atoms with Gasteiger partial charge in [-0.3, -0.25) is 4.57 Å². The van der Waals surface area contributed by atoms with Gasteiger partial charge in [0.25, 0.3) is 0 Å². The number of aromatic nitrogens is 4. The van der Waals surface area contributed by atoms with Gasteiger partial charge < -0.3 is 0 Å². The van der Waals surface area contributed by atoms with Crippen LogP contribution in [-0.4, -0.2) is 27.4 Å². The second-order valence-electron chi connectivity index (χ2n) is 19.9. The van der Waals surface area contributed by atoms with Gasteiger partial charge in [-0.1, -0.05) is 39.0 Å². The number of imidazole rings is 1. The van der Waals surface area contributed by atoms with Crippen LogP contribution in [0.4, 0.5) is 0 Å². The second-order valence-corrected chi connectivity index (χ2v) is 30.5. The summed E-state index contributed by atoms with van der Waals surface area (Å²) in [7, 11) is 0. The van der Waals surface area contributed by atoms with Crippen molar-refractivity contribution in [2.24, 2.45) is 0 Å². The molecule has 324 valence electrons. The number of rotatable bonds is 6. The van der Waals surface area contributed by atoms with Gasteiger partial charge in [0.15, 0.2) is 0 Å². The van der Waals surface area contributed by atoms with Gasteiger partial charge in [-0.15, -0.1) is 0 Å². The Morgan fingerprint density at radius 1 is 0.522 bits per heavy atom. The van der Waals surface area contributed by atoms with Crippen LogP contribution in [-0.2, 0) is 5.41 Å². The van der Waals surface area contributed by atoms with Gasteiger partial charge in [0.05, 0.1) is 11.0 Å². The van der Waals surface area contributed by atoms with Crippen LogP contribution in [0, 0.1) is 6.33 Å². The molecular formula is C61H50GeN4O. The maximum atomic E-state index is 6.85. The van der Waals surface area contributed by atoms with Crippen LogP contribution >= 0.6 is 0 Å². The van der Waals surface area contributed by atoms with Gasteiger partial charge >= 0.3 is 261 Å². The van der Waals surface area contributed by atoms with Crippen molar-refractivity contribution < 1.29 is 9.30 Å². The van der Waals surface area contributed by atoms with Crippen LogP contribution in [0.2, 0.25) is 17.3 Å². The number of hydrogen-bond donors (Lipinski definition) is 0. The van der Waals surface area contributed by atoms with Gasteiger partial charge in [0, 0.05) is 23.0 Å². The third-order valence-corrected chi connectivity index (χ3v) is 17.8.